The number of alkyl halides is 3. The average molecular weight is 312 g/mol. The maximum Gasteiger partial charge on any atom is 0.416 e. The predicted octanol–water partition coefficient (Wildman–Crippen LogP) is 3.90. The standard InChI is InChI=1S/C15H12F4N2O/c16-11-4-2-6-13(8-11)21-14(22)9-20-12-5-1-3-10(7-12)15(17,18)19/h1-8,20H,9H2,(H,21,22). The van der Waals surface area contributed by atoms with Crippen molar-refractivity contribution in [1.82, 2.24) is 0 Å². The highest BCUT2D eigenvalue weighted by Crippen LogP contribution is 2.30. The van der Waals surface area contributed by atoms with E-state index in [1.807, 2.05) is 0 Å². The largest absolute Gasteiger partial charge is 0.416 e. The molecule has 22 heavy (non-hydrogen) atoms. The number of carbonyl (C=O) groups is 1. The van der Waals surface area contributed by atoms with Crippen LogP contribution in [0.5, 0.6) is 0 Å². The van der Waals surface area contributed by atoms with Gasteiger partial charge in [-0.3, -0.25) is 4.79 Å². The maximum absolute atomic E-state index is 13.0. The van der Waals surface area contributed by atoms with Gasteiger partial charge >= 0.3 is 6.18 Å². The SMILES string of the molecule is O=C(CNc1cccc(C(F)(F)F)c1)Nc1cccc(F)c1. The molecule has 0 unspecified atom stereocenters. The quantitative estimate of drug-likeness (QED) is 0.841. The zero-order chi connectivity index (χ0) is 16.2. The zero-order valence-corrected chi connectivity index (χ0v) is 11.2. The fourth-order valence-electron chi connectivity index (χ4n) is 1.76. The third-order valence-electron chi connectivity index (χ3n) is 2.75. The summed E-state index contributed by atoms with van der Waals surface area (Å²) in [5.74, 6) is -0.994. The molecule has 2 aromatic rings. The van der Waals surface area contributed by atoms with Gasteiger partial charge in [-0.2, -0.15) is 13.2 Å². The fraction of sp³-hybridized carbons (Fsp3) is 0.133. The van der Waals surface area contributed by atoms with Crippen molar-refractivity contribution in [2.75, 3.05) is 17.2 Å². The monoisotopic (exact) mass is 312 g/mol. The van der Waals surface area contributed by atoms with Gasteiger partial charge < -0.3 is 10.6 Å². The van der Waals surface area contributed by atoms with Crippen molar-refractivity contribution in [2.24, 2.45) is 0 Å². The minimum Gasteiger partial charge on any atom is -0.376 e. The van der Waals surface area contributed by atoms with Crippen molar-refractivity contribution in [1.29, 1.82) is 0 Å². The van der Waals surface area contributed by atoms with Gasteiger partial charge in [0, 0.05) is 11.4 Å². The Morgan fingerprint density at radius 2 is 1.68 bits per heavy atom. The van der Waals surface area contributed by atoms with Gasteiger partial charge in [-0.15, -0.1) is 0 Å². The van der Waals surface area contributed by atoms with Crippen molar-refractivity contribution < 1.29 is 22.4 Å². The molecule has 0 saturated carbocycles. The summed E-state index contributed by atoms with van der Waals surface area (Å²) in [6.45, 7) is -0.238. The van der Waals surface area contributed by atoms with Gasteiger partial charge in [-0.25, -0.2) is 4.39 Å². The van der Waals surface area contributed by atoms with Gasteiger partial charge in [0.05, 0.1) is 12.1 Å². The van der Waals surface area contributed by atoms with Gasteiger partial charge in [0.1, 0.15) is 5.82 Å². The van der Waals surface area contributed by atoms with E-state index in [9.17, 15) is 22.4 Å². The molecule has 0 aliphatic heterocycles. The lowest BCUT2D eigenvalue weighted by Gasteiger charge is -2.11. The first-order valence-corrected chi connectivity index (χ1v) is 6.31. The molecule has 3 nitrogen and oxygen atoms in total. The summed E-state index contributed by atoms with van der Waals surface area (Å²) in [6, 6.07) is 9.84. The number of hydrogen-bond acceptors (Lipinski definition) is 2. The lowest BCUT2D eigenvalue weighted by atomic mass is 10.2. The van der Waals surface area contributed by atoms with E-state index < -0.39 is 23.5 Å². The molecule has 0 atom stereocenters. The third-order valence-corrected chi connectivity index (χ3v) is 2.75. The van der Waals surface area contributed by atoms with Crippen molar-refractivity contribution in [3.63, 3.8) is 0 Å². The van der Waals surface area contributed by atoms with Crippen LogP contribution in [0.4, 0.5) is 28.9 Å². The molecule has 2 aromatic carbocycles. The first-order chi connectivity index (χ1) is 10.3. The topological polar surface area (TPSA) is 41.1 Å². The second-order valence-corrected chi connectivity index (χ2v) is 4.49. The Balaban J connectivity index is 1.94. The summed E-state index contributed by atoms with van der Waals surface area (Å²) in [5.41, 5.74) is -0.358. The molecular weight excluding hydrogens is 300 g/mol. The molecule has 0 aliphatic carbocycles. The normalized spacial score (nSPS) is 11.1. The van der Waals surface area contributed by atoms with Gasteiger partial charge in [0.2, 0.25) is 5.91 Å². The molecule has 0 saturated heterocycles. The van der Waals surface area contributed by atoms with E-state index in [1.165, 1.54) is 30.3 Å². The maximum atomic E-state index is 13.0. The summed E-state index contributed by atoms with van der Waals surface area (Å²) >= 11 is 0. The van der Waals surface area contributed by atoms with Crippen LogP contribution >= 0.6 is 0 Å². The van der Waals surface area contributed by atoms with E-state index in [0.29, 0.717) is 0 Å². The lowest BCUT2D eigenvalue weighted by molar-refractivity contribution is -0.137. The van der Waals surface area contributed by atoms with Crippen LogP contribution in [0, 0.1) is 5.82 Å². The Labute approximate surface area is 124 Å². The first-order valence-electron chi connectivity index (χ1n) is 6.31. The number of nitrogens with one attached hydrogen (secondary N) is 2. The molecule has 2 N–H and O–H groups in total. The molecule has 1 amide bonds. The lowest BCUT2D eigenvalue weighted by Crippen LogP contribution is -2.22. The first kappa shape index (κ1) is 15.8. The number of hydrogen-bond donors (Lipinski definition) is 2. The zero-order valence-electron chi connectivity index (χ0n) is 11.2. The van der Waals surface area contributed by atoms with E-state index in [4.69, 9.17) is 0 Å². The Kier molecular flexibility index (Phi) is 4.65. The van der Waals surface area contributed by atoms with Crippen LogP contribution < -0.4 is 10.6 Å². The Morgan fingerprint density at radius 3 is 2.36 bits per heavy atom. The van der Waals surface area contributed by atoms with Crippen LogP contribution in [0.1, 0.15) is 5.56 Å². The number of benzene rings is 2. The van der Waals surface area contributed by atoms with Crippen LogP contribution in [0.2, 0.25) is 0 Å². The molecule has 116 valence electrons. The van der Waals surface area contributed by atoms with E-state index in [1.54, 1.807) is 0 Å². The van der Waals surface area contributed by atoms with Crippen LogP contribution in [0.25, 0.3) is 0 Å². The van der Waals surface area contributed by atoms with Gasteiger partial charge in [0.15, 0.2) is 0 Å². The highest BCUT2D eigenvalue weighted by molar-refractivity contribution is 5.93. The highest BCUT2D eigenvalue weighted by Gasteiger charge is 2.30. The van der Waals surface area contributed by atoms with Crippen molar-refractivity contribution in [2.45, 2.75) is 6.18 Å². The number of rotatable bonds is 4. The number of amides is 1. The molecule has 0 spiro atoms. The molecule has 2 rings (SSSR count). The summed E-state index contributed by atoms with van der Waals surface area (Å²) in [5, 5.41) is 5.02. The van der Waals surface area contributed by atoms with Crippen LogP contribution in [0.3, 0.4) is 0 Å². The molecular formula is C15H12F4N2O. The fourth-order valence-corrected chi connectivity index (χ4v) is 1.76. The molecule has 7 heteroatoms. The van der Waals surface area contributed by atoms with Crippen LogP contribution in [0.15, 0.2) is 48.5 Å². The summed E-state index contributed by atoms with van der Waals surface area (Å²) in [6.07, 6.45) is -4.44. The summed E-state index contributed by atoms with van der Waals surface area (Å²) in [7, 11) is 0. The Hall–Kier alpha value is -2.57. The number of anilines is 2. The van der Waals surface area contributed by atoms with Gasteiger partial charge in [0.25, 0.3) is 0 Å². The average Bonchev–Trinajstić information content (AvgIpc) is 2.45. The molecule has 0 fully saturated rings. The van der Waals surface area contributed by atoms with Crippen molar-refractivity contribution in [3.05, 3.63) is 59.9 Å². The van der Waals surface area contributed by atoms with Crippen molar-refractivity contribution >= 4 is 17.3 Å². The van der Waals surface area contributed by atoms with E-state index in [-0.39, 0.29) is 17.9 Å². The molecule has 0 radical (unpaired) electrons. The van der Waals surface area contributed by atoms with Crippen molar-refractivity contribution in [3.8, 4) is 0 Å². The van der Waals surface area contributed by atoms with E-state index in [2.05, 4.69) is 10.6 Å². The number of halogens is 4. The van der Waals surface area contributed by atoms with Gasteiger partial charge in [-0.05, 0) is 36.4 Å². The van der Waals surface area contributed by atoms with Crippen LogP contribution in [-0.2, 0) is 11.0 Å². The highest BCUT2D eigenvalue weighted by atomic mass is 19.4. The number of carbonyl (C=O) groups excluding carboxylic acids is 1. The second kappa shape index (κ2) is 6.46. The molecule has 0 bridgehead atoms. The third kappa shape index (κ3) is 4.47. The van der Waals surface area contributed by atoms with Gasteiger partial charge in [-0.1, -0.05) is 12.1 Å². The molecule has 0 heterocycles. The minimum absolute atomic E-state index is 0.171. The molecule has 0 aromatic heterocycles. The Bertz CT molecular complexity index is 671. The second-order valence-electron chi connectivity index (χ2n) is 4.49. The van der Waals surface area contributed by atoms with E-state index in [0.717, 1.165) is 18.2 Å². The minimum atomic E-state index is -4.44. The van der Waals surface area contributed by atoms with E-state index >= 15 is 0 Å². The van der Waals surface area contributed by atoms with Crippen LogP contribution in [-0.4, -0.2) is 12.5 Å². The molecule has 0 aliphatic rings. The Morgan fingerprint density at radius 1 is 1.00 bits per heavy atom. The predicted molar refractivity (Wildman–Crippen MR) is 75.0 cm³/mol. The smallest absolute Gasteiger partial charge is 0.376 e. The summed E-state index contributed by atoms with van der Waals surface area (Å²) < 4.78 is 50.6. The summed E-state index contributed by atoms with van der Waals surface area (Å²) in [4.78, 5) is 11.7.